The molecule has 0 aliphatic rings. The van der Waals surface area contributed by atoms with Crippen molar-refractivity contribution in [1.29, 1.82) is 0 Å². The Labute approximate surface area is 120 Å². The van der Waals surface area contributed by atoms with Crippen LogP contribution in [0.4, 0.5) is 0 Å². The highest BCUT2D eigenvalue weighted by atomic mass is 16.3. The normalized spacial score (nSPS) is 13.9. The molecule has 2 nitrogen and oxygen atoms in total. The van der Waals surface area contributed by atoms with Crippen molar-refractivity contribution in [3.8, 4) is 11.5 Å². The third-order valence-corrected chi connectivity index (χ3v) is 4.25. The lowest BCUT2D eigenvalue weighted by Crippen LogP contribution is -2.21. The zero-order chi connectivity index (χ0) is 14.6. The number of phenols is 2. The van der Waals surface area contributed by atoms with Crippen LogP contribution in [0.5, 0.6) is 11.5 Å². The van der Waals surface area contributed by atoms with Crippen LogP contribution < -0.4 is 0 Å². The molecule has 1 atom stereocenters. The quantitative estimate of drug-likeness (QED) is 0.845. The van der Waals surface area contributed by atoms with Gasteiger partial charge in [0.25, 0.3) is 0 Å². The Morgan fingerprint density at radius 1 is 0.850 bits per heavy atom. The molecule has 2 rings (SSSR count). The van der Waals surface area contributed by atoms with Crippen molar-refractivity contribution >= 4 is 0 Å². The van der Waals surface area contributed by atoms with E-state index in [0.29, 0.717) is 11.5 Å². The van der Waals surface area contributed by atoms with Crippen LogP contribution in [0.1, 0.15) is 37.8 Å². The highest BCUT2D eigenvalue weighted by molar-refractivity contribution is 5.32. The lowest BCUT2D eigenvalue weighted by molar-refractivity contribution is 0.417. The molecule has 0 amide bonds. The van der Waals surface area contributed by atoms with Gasteiger partial charge < -0.3 is 10.2 Å². The molecular formula is C18H22O2. The minimum Gasteiger partial charge on any atom is -0.508 e. The predicted octanol–water partition coefficient (Wildman–Crippen LogP) is 4.40. The summed E-state index contributed by atoms with van der Waals surface area (Å²) in [5, 5.41) is 18.7. The molecule has 20 heavy (non-hydrogen) atoms. The monoisotopic (exact) mass is 270 g/mol. The number of rotatable bonds is 5. The van der Waals surface area contributed by atoms with Crippen LogP contribution in [0.2, 0.25) is 0 Å². The first-order valence-electron chi connectivity index (χ1n) is 7.11. The number of aryl methyl sites for hydroxylation is 1. The second-order valence-electron chi connectivity index (χ2n) is 5.63. The summed E-state index contributed by atoms with van der Waals surface area (Å²) in [4.78, 5) is 0. The van der Waals surface area contributed by atoms with Crippen molar-refractivity contribution in [3.05, 3.63) is 59.7 Å². The zero-order valence-electron chi connectivity index (χ0n) is 12.1. The molecule has 106 valence electrons. The van der Waals surface area contributed by atoms with Crippen LogP contribution in [0, 0.1) is 0 Å². The van der Waals surface area contributed by atoms with Crippen molar-refractivity contribution < 1.29 is 10.2 Å². The fraction of sp³-hybridized carbons (Fsp3) is 0.333. The Bertz CT molecular complexity index is 543. The molecule has 2 aromatic carbocycles. The third kappa shape index (κ3) is 3.32. The molecule has 0 spiro atoms. The van der Waals surface area contributed by atoms with Crippen molar-refractivity contribution in [2.24, 2.45) is 0 Å². The molecule has 0 saturated carbocycles. The third-order valence-electron chi connectivity index (χ3n) is 4.25. The fourth-order valence-electron chi connectivity index (χ4n) is 2.47. The summed E-state index contributed by atoms with van der Waals surface area (Å²) >= 11 is 0. The van der Waals surface area contributed by atoms with Crippen molar-refractivity contribution in [3.63, 3.8) is 0 Å². The molecule has 2 aromatic rings. The molecule has 0 aliphatic heterocycles. The highest BCUT2D eigenvalue weighted by Crippen LogP contribution is 2.33. The highest BCUT2D eigenvalue weighted by Gasteiger charge is 2.24. The molecule has 2 N–H and O–H groups in total. The maximum absolute atomic E-state index is 9.41. The topological polar surface area (TPSA) is 40.5 Å². The summed E-state index contributed by atoms with van der Waals surface area (Å²) in [6.07, 6.45) is 3.07. The molecule has 0 aromatic heterocycles. The Hall–Kier alpha value is -1.96. The van der Waals surface area contributed by atoms with Gasteiger partial charge in [-0.3, -0.25) is 0 Å². The maximum atomic E-state index is 9.41. The van der Waals surface area contributed by atoms with Gasteiger partial charge in [-0.05, 0) is 60.1 Å². The van der Waals surface area contributed by atoms with Crippen molar-refractivity contribution in [2.45, 2.75) is 38.5 Å². The van der Waals surface area contributed by atoms with Crippen molar-refractivity contribution in [2.75, 3.05) is 0 Å². The number of hydrogen-bond donors (Lipinski definition) is 2. The van der Waals surface area contributed by atoms with E-state index in [4.69, 9.17) is 0 Å². The lowest BCUT2D eigenvalue weighted by Gasteiger charge is -2.29. The van der Waals surface area contributed by atoms with Gasteiger partial charge in [0.15, 0.2) is 0 Å². The first-order valence-corrected chi connectivity index (χ1v) is 7.11. The Balaban J connectivity index is 2.11. The number of hydrogen-bond acceptors (Lipinski definition) is 2. The fourth-order valence-corrected chi connectivity index (χ4v) is 2.47. The molecule has 0 aliphatic carbocycles. The van der Waals surface area contributed by atoms with Crippen molar-refractivity contribution in [1.82, 2.24) is 0 Å². The van der Waals surface area contributed by atoms with Gasteiger partial charge in [-0.2, -0.15) is 0 Å². The summed E-state index contributed by atoms with van der Waals surface area (Å²) in [5.41, 5.74) is 2.60. The van der Waals surface area contributed by atoms with E-state index in [1.54, 1.807) is 24.3 Å². The Kier molecular flexibility index (Phi) is 4.33. The Morgan fingerprint density at radius 3 is 1.85 bits per heavy atom. The van der Waals surface area contributed by atoms with E-state index in [2.05, 4.69) is 13.8 Å². The van der Waals surface area contributed by atoms with Crippen LogP contribution in [-0.4, -0.2) is 10.2 Å². The average Bonchev–Trinajstić information content (AvgIpc) is 2.47. The van der Waals surface area contributed by atoms with E-state index < -0.39 is 0 Å². The van der Waals surface area contributed by atoms with Gasteiger partial charge in [-0.15, -0.1) is 0 Å². The first kappa shape index (κ1) is 14.4. The van der Waals surface area contributed by atoms with E-state index in [1.807, 2.05) is 24.3 Å². The van der Waals surface area contributed by atoms with E-state index in [1.165, 1.54) is 11.1 Å². The zero-order valence-corrected chi connectivity index (χ0v) is 12.1. The molecule has 0 bridgehead atoms. The van der Waals surface area contributed by atoms with E-state index in [-0.39, 0.29) is 5.41 Å². The van der Waals surface area contributed by atoms with E-state index in [0.717, 1.165) is 19.3 Å². The smallest absolute Gasteiger partial charge is 0.115 e. The Morgan fingerprint density at radius 2 is 1.35 bits per heavy atom. The molecule has 0 heterocycles. The standard InChI is InChI=1S/C18H22O2/c1-3-18(2,15-6-10-17(20)11-7-15)13-12-14-4-8-16(19)9-5-14/h4-11,19-20H,3,12-13H2,1-2H3. The largest absolute Gasteiger partial charge is 0.508 e. The van der Waals surface area contributed by atoms with Gasteiger partial charge >= 0.3 is 0 Å². The number of benzene rings is 2. The molecular weight excluding hydrogens is 248 g/mol. The maximum Gasteiger partial charge on any atom is 0.115 e. The summed E-state index contributed by atoms with van der Waals surface area (Å²) in [6.45, 7) is 4.46. The molecule has 0 fully saturated rings. The van der Waals surface area contributed by atoms with Crippen LogP contribution in [-0.2, 0) is 11.8 Å². The van der Waals surface area contributed by atoms with Gasteiger partial charge in [-0.1, -0.05) is 38.1 Å². The summed E-state index contributed by atoms with van der Waals surface area (Å²) in [6, 6.07) is 14.9. The van der Waals surface area contributed by atoms with Crippen LogP contribution in [0.3, 0.4) is 0 Å². The predicted molar refractivity (Wildman–Crippen MR) is 82.2 cm³/mol. The number of phenolic OH excluding ortho intramolecular Hbond substituents is 2. The molecule has 0 saturated heterocycles. The summed E-state index contributed by atoms with van der Waals surface area (Å²) in [7, 11) is 0. The number of aromatic hydroxyl groups is 2. The second kappa shape index (κ2) is 6.00. The molecule has 1 unspecified atom stereocenters. The minimum absolute atomic E-state index is 0.103. The van der Waals surface area contributed by atoms with E-state index in [9.17, 15) is 10.2 Å². The van der Waals surface area contributed by atoms with Gasteiger partial charge in [0.1, 0.15) is 11.5 Å². The van der Waals surface area contributed by atoms with E-state index >= 15 is 0 Å². The SMILES string of the molecule is CCC(C)(CCc1ccc(O)cc1)c1ccc(O)cc1. The molecule has 0 radical (unpaired) electrons. The van der Waals surface area contributed by atoms with Crippen LogP contribution in [0.15, 0.2) is 48.5 Å². The van der Waals surface area contributed by atoms with Crippen LogP contribution in [0.25, 0.3) is 0 Å². The summed E-state index contributed by atoms with van der Waals surface area (Å²) < 4.78 is 0. The molecule has 2 heteroatoms. The lowest BCUT2D eigenvalue weighted by atomic mass is 9.76. The van der Waals surface area contributed by atoms with Gasteiger partial charge in [0.2, 0.25) is 0 Å². The minimum atomic E-state index is 0.103. The second-order valence-corrected chi connectivity index (χ2v) is 5.63. The van der Waals surface area contributed by atoms with Gasteiger partial charge in [0.05, 0.1) is 0 Å². The average molecular weight is 270 g/mol. The van der Waals surface area contributed by atoms with Gasteiger partial charge in [-0.25, -0.2) is 0 Å². The summed E-state index contributed by atoms with van der Waals surface area (Å²) in [5.74, 6) is 0.622. The van der Waals surface area contributed by atoms with Gasteiger partial charge in [0, 0.05) is 0 Å². The van der Waals surface area contributed by atoms with Crippen LogP contribution >= 0.6 is 0 Å². The first-order chi connectivity index (χ1) is 9.53.